The molecule has 3 saturated heterocycles. The highest BCUT2D eigenvalue weighted by Crippen LogP contribution is 2.35. The molecule has 0 spiro atoms. The fraction of sp³-hybridized carbons (Fsp3) is 0.471. The Hall–Kier alpha value is -1.68. The van der Waals surface area contributed by atoms with Gasteiger partial charge in [0.15, 0.2) is 11.5 Å². The molecule has 3 aliphatic rings. The van der Waals surface area contributed by atoms with Crippen LogP contribution in [-0.2, 0) is 0 Å². The Balaban J connectivity index is 1.53. The first-order valence-electron chi connectivity index (χ1n) is 7.64. The van der Waals surface area contributed by atoms with Crippen LogP contribution >= 0.6 is 0 Å². The average Bonchev–Trinajstić information content (AvgIpc) is 2.91. The van der Waals surface area contributed by atoms with Crippen molar-refractivity contribution in [1.82, 2.24) is 4.90 Å². The summed E-state index contributed by atoms with van der Waals surface area (Å²) in [4.78, 5) is 14.9. The summed E-state index contributed by atoms with van der Waals surface area (Å²) < 4.78 is 18.8. The van der Waals surface area contributed by atoms with Gasteiger partial charge in [0.1, 0.15) is 11.4 Å². The fourth-order valence-electron chi connectivity index (χ4n) is 3.81. The summed E-state index contributed by atoms with van der Waals surface area (Å²) >= 11 is 0. The number of nitrogens with zero attached hydrogens (tertiary/aromatic N) is 1. The van der Waals surface area contributed by atoms with Crippen molar-refractivity contribution in [2.24, 2.45) is 11.8 Å². The summed E-state index contributed by atoms with van der Waals surface area (Å²) in [5.41, 5.74) is 0.577. The molecule has 0 N–H and O–H groups in total. The highest BCUT2D eigenvalue weighted by molar-refractivity contribution is 5.97. The molecule has 0 saturated carbocycles. The van der Waals surface area contributed by atoms with Crippen LogP contribution in [0.4, 0.5) is 4.39 Å². The summed E-state index contributed by atoms with van der Waals surface area (Å²) in [6.07, 6.45) is 2.97. The molecule has 1 atom stereocenters. The van der Waals surface area contributed by atoms with Crippen LogP contribution < -0.4 is 0 Å². The molecular weight excluding hydrogens is 269 g/mol. The predicted molar refractivity (Wildman–Crippen MR) is 77.8 cm³/mol. The molecule has 1 aromatic heterocycles. The van der Waals surface area contributed by atoms with Crippen LogP contribution in [0.2, 0.25) is 0 Å². The predicted octanol–water partition coefficient (Wildman–Crippen LogP) is 3.49. The van der Waals surface area contributed by atoms with Crippen LogP contribution in [0.3, 0.4) is 0 Å². The molecule has 1 aromatic carbocycles. The smallest absolute Gasteiger partial charge is 0.198 e. The molecule has 3 fully saturated rings. The van der Waals surface area contributed by atoms with Gasteiger partial charge in [-0.25, -0.2) is 4.39 Å². The number of rotatable bonds is 3. The van der Waals surface area contributed by atoms with Crippen LogP contribution in [0.25, 0.3) is 11.0 Å². The summed E-state index contributed by atoms with van der Waals surface area (Å²) in [6.45, 7) is 3.39. The Labute approximate surface area is 122 Å². The zero-order chi connectivity index (χ0) is 14.4. The van der Waals surface area contributed by atoms with E-state index in [1.807, 2.05) is 0 Å². The van der Waals surface area contributed by atoms with E-state index >= 15 is 0 Å². The van der Waals surface area contributed by atoms with E-state index in [2.05, 4.69) is 4.90 Å². The molecule has 0 radical (unpaired) electrons. The van der Waals surface area contributed by atoms with E-state index in [9.17, 15) is 9.18 Å². The van der Waals surface area contributed by atoms with Gasteiger partial charge in [-0.3, -0.25) is 4.79 Å². The van der Waals surface area contributed by atoms with E-state index in [0.29, 0.717) is 35.0 Å². The molecule has 3 aliphatic heterocycles. The minimum atomic E-state index is -0.306. The minimum Gasteiger partial charge on any atom is -0.453 e. The molecule has 21 heavy (non-hydrogen) atoms. The van der Waals surface area contributed by atoms with Gasteiger partial charge in [-0.2, -0.15) is 0 Å². The van der Waals surface area contributed by atoms with Crippen LogP contribution in [0.15, 0.2) is 28.7 Å². The number of halogens is 1. The van der Waals surface area contributed by atoms with Gasteiger partial charge < -0.3 is 9.32 Å². The molecule has 4 heteroatoms. The largest absolute Gasteiger partial charge is 0.453 e. The molecule has 5 rings (SSSR count). The van der Waals surface area contributed by atoms with Crippen molar-refractivity contribution >= 4 is 16.8 Å². The maximum absolute atomic E-state index is 13.2. The van der Waals surface area contributed by atoms with Gasteiger partial charge in [-0.15, -0.1) is 0 Å². The number of hydrogen-bond acceptors (Lipinski definition) is 3. The molecule has 4 heterocycles. The van der Waals surface area contributed by atoms with Crippen molar-refractivity contribution in [3.05, 3.63) is 35.8 Å². The molecule has 110 valence electrons. The minimum absolute atomic E-state index is 0.0466. The van der Waals surface area contributed by atoms with E-state index in [1.54, 1.807) is 12.1 Å². The molecule has 0 unspecified atom stereocenters. The monoisotopic (exact) mass is 287 g/mol. The van der Waals surface area contributed by atoms with Crippen LogP contribution in [0.5, 0.6) is 0 Å². The molecule has 0 amide bonds. The maximum atomic E-state index is 13.2. The Bertz CT molecular complexity index is 685. The van der Waals surface area contributed by atoms with Gasteiger partial charge in [0.25, 0.3) is 0 Å². The van der Waals surface area contributed by atoms with E-state index in [1.165, 1.54) is 38.1 Å². The van der Waals surface area contributed by atoms with Crippen LogP contribution in [0.1, 0.15) is 29.8 Å². The second-order valence-electron chi connectivity index (χ2n) is 6.32. The molecule has 2 bridgehead atoms. The van der Waals surface area contributed by atoms with E-state index in [4.69, 9.17) is 4.42 Å². The zero-order valence-corrected chi connectivity index (χ0v) is 11.8. The summed E-state index contributed by atoms with van der Waals surface area (Å²) in [6, 6.07) is 6.01. The number of ketones is 1. The number of piperidine rings is 3. The van der Waals surface area contributed by atoms with Crippen molar-refractivity contribution < 1.29 is 13.6 Å². The topological polar surface area (TPSA) is 33.5 Å². The zero-order valence-electron chi connectivity index (χ0n) is 11.8. The third kappa shape index (κ3) is 2.38. The van der Waals surface area contributed by atoms with Crippen molar-refractivity contribution in [1.29, 1.82) is 0 Å². The third-order valence-corrected chi connectivity index (χ3v) is 4.99. The molecule has 2 aromatic rings. The SMILES string of the molecule is O=C(C[C@@H]1CN2CCC1CC2)c1cc2cc(F)ccc2o1. The number of carbonyl (C=O) groups excluding carboxylic acids is 1. The van der Waals surface area contributed by atoms with E-state index in [-0.39, 0.29) is 11.6 Å². The van der Waals surface area contributed by atoms with Gasteiger partial charge >= 0.3 is 0 Å². The van der Waals surface area contributed by atoms with Crippen LogP contribution in [-0.4, -0.2) is 30.3 Å². The lowest BCUT2D eigenvalue weighted by Crippen LogP contribution is -2.47. The Morgan fingerprint density at radius 2 is 2.10 bits per heavy atom. The van der Waals surface area contributed by atoms with Crippen molar-refractivity contribution in [2.45, 2.75) is 19.3 Å². The molecule has 0 aliphatic carbocycles. The standard InChI is InChI=1S/C17H18FNO2/c18-14-1-2-16-12(7-14)9-17(21-16)15(20)8-13-10-19-5-3-11(13)4-6-19/h1-2,7,9,11,13H,3-6,8,10H2/t13-/m1/s1. The average molecular weight is 287 g/mol. The lowest BCUT2D eigenvalue weighted by molar-refractivity contribution is 0.0433. The first-order valence-corrected chi connectivity index (χ1v) is 7.64. The van der Waals surface area contributed by atoms with E-state index in [0.717, 1.165) is 6.54 Å². The molecular formula is C17H18FNO2. The lowest BCUT2D eigenvalue weighted by Gasteiger charge is -2.44. The first-order chi connectivity index (χ1) is 10.2. The van der Waals surface area contributed by atoms with Crippen molar-refractivity contribution in [3.8, 4) is 0 Å². The van der Waals surface area contributed by atoms with Gasteiger partial charge in [0.2, 0.25) is 0 Å². The highest BCUT2D eigenvalue weighted by Gasteiger charge is 2.35. The number of Topliss-reactive ketones (excluding diaryl/α,β-unsaturated/α-hetero) is 1. The number of benzene rings is 1. The van der Waals surface area contributed by atoms with Crippen molar-refractivity contribution in [2.75, 3.05) is 19.6 Å². The first kappa shape index (κ1) is 13.0. The summed E-state index contributed by atoms with van der Waals surface area (Å²) in [5.74, 6) is 1.24. The number of fused-ring (bicyclic) bond motifs is 4. The Kier molecular flexibility index (Phi) is 3.07. The van der Waals surface area contributed by atoms with Gasteiger partial charge in [0.05, 0.1) is 0 Å². The second kappa shape index (κ2) is 4.95. The molecule has 3 nitrogen and oxygen atoms in total. The quantitative estimate of drug-likeness (QED) is 0.810. The second-order valence-corrected chi connectivity index (χ2v) is 6.32. The normalized spacial score (nSPS) is 28.1. The van der Waals surface area contributed by atoms with Gasteiger partial charge in [-0.05, 0) is 62.0 Å². The number of carbonyl (C=O) groups is 1. The highest BCUT2D eigenvalue weighted by atomic mass is 19.1. The third-order valence-electron chi connectivity index (χ3n) is 4.99. The van der Waals surface area contributed by atoms with Crippen molar-refractivity contribution in [3.63, 3.8) is 0 Å². The lowest BCUT2D eigenvalue weighted by atomic mass is 9.76. The maximum Gasteiger partial charge on any atom is 0.198 e. The Morgan fingerprint density at radius 3 is 2.81 bits per heavy atom. The van der Waals surface area contributed by atoms with E-state index < -0.39 is 0 Å². The summed E-state index contributed by atoms with van der Waals surface area (Å²) in [5, 5.41) is 0.660. The van der Waals surface area contributed by atoms with Gasteiger partial charge in [-0.1, -0.05) is 0 Å². The Morgan fingerprint density at radius 1 is 1.29 bits per heavy atom. The van der Waals surface area contributed by atoms with Gasteiger partial charge in [0, 0.05) is 18.4 Å². The number of hydrogen-bond donors (Lipinski definition) is 0. The van der Waals surface area contributed by atoms with Crippen LogP contribution in [0, 0.1) is 17.7 Å². The fourth-order valence-corrected chi connectivity index (χ4v) is 3.81. The summed E-state index contributed by atoms with van der Waals surface area (Å²) in [7, 11) is 0. The number of furan rings is 1.